The lowest BCUT2D eigenvalue weighted by Gasteiger charge is -2.13. The van der Waals surface area contributed by atoms with Crippen LogP contribution in [0.2, 0.25) is 0 Å². The molecule has 4 nitrogen and oxygen atoms in total. The van der Waals surface area contributed by atoms with E-state index in [2.05, 4.69) is 46.1 Å². The predicted molar refractivity (Wildman–Crippen MR) is 88.2 cm³/mol. The molecule has 0 saturated carbocycles. The number of ether oxygens (including phenoxy) is 1. The van der Waals surface area contributed by atoms with Gasteiger partial charge in [-0.1, -0.05) is 29.8 Å². The van der Waals surface area contributed by atoms with Crippen molar-refractivity contribution < 1.29 is 4.74 Å². The van der Waals surface area contributed by atoms with Crippen molar-refractivity contribution in [3.8, 4) is 5.75 Å². The van der Waals surface area contributed by atoms with Gasteiger partial charge in [0.15, 0.2) is 0 Å². The minimum atomic E-state index is 0.475. The van der Waals surface area contributed by atoms with Crippen LogP contribution >= 0.6 is 15.9 Å². The zero-order valence-corrected chi connectivity index (χ0v) is 14.4. The second-order valence-electron chi connectivity index (χ2n) is 5.52. The van der Waals surface area contributed by atoms with Crippen LogP contribution in [-0.2, 0) is 20.2 Å². The SMILES string of the molecule is CC(C)CNCc1cc(Br)ccc1OCc1nccn1C. The normalized spacial score (nSPS) is 11.1. The molecule has 5 heteroatoms. The molecule has 0 aliphatic heterocycles. The van der Waals surface area contributed by atoms with Crippen molar-refractivity contribution >= 4 is 15.9 Å². The lowest BCUT2D eigenvalue weighted by atomic mass is 10.2. The number of aromatic nitrogens is 2. The van der Waals surface area contributed by atoms with Gasteiger partial charge in [-0.05, 0) is 30.7 Å². The second-order valence-corrected chi connectivity index (χ2v) is 6.44. The molecular formula is C16H22BrN3O. The highest BCUT2D eigenvalue weighted by molar-refractivity contribution is 9.10. The average molecular weight is 352 g/mol. The smallest absolute Gasteiger partial charge is 0.146 e. The van der Waals surface area contributed by atoms with E-state index >= 15 is 0 Å². The van der Waals surface area contributed by atoms with Crippen LogP contribution in [0.3, 0.4) is 0 Å². The molecule has 0 aliphatic rings. The minimum absolute atomic E-state index is 0.475. The largest absolute Gasteiger partial charge is 0.485 e. The quantitative estimate of drug-likeness (QED) is 0.829. The third-order valence-electron chi connectivity index (χ3n) is 3.17. The van der Waals surface area contributed by atoms with E-state index in [1.54, 1.807) is 6.20 Å². The van der Waals surface area contributed by atoms with Gasteiger partial charge < -0.3 is 14.6 Å². The molecule has 0 atom stereocenters. The third kappa shape index (κ3) is 4.86. The summed E-state index contributed by atoms with van der Waals surface area (Å²) in [5, 5.41) is 3.45. The maximum absolute atomic E-state index is 5.93. The van der Waals surface area contributed by atoms with Gasteiger partial charge in [0.05, 0.1) is 0 Å². The van der Waals surface area contributed by atoms with Crippen molar-refractivity contribution in [1.29, 1.82) is 0 Å². The Hall–Kier alpha value is -1.33. The minimum Gasteiger partial charge on any atom is -0.485 e. The number of hydrogen-bond donors (Lipinski definition) is 1. The first kappa shape index (κ1) is 16.0. The first-order chi connectivity index (χ1) is 10.1. The summed E-state index contributed by atoms with van der Waals surface area (Å²) in [7, 11) is 1.97. The summed E-state index contributed by atoms with van der Waals surface area (Å²) in [5.74, 6) is 2.45. The monoisotopic (exact) mass is 351 g/mol. The summed E-state index contributed by atoms with van der Waals surface area (Å²) in [6.45, 7) is 6.67. The van der Waals surface area contributed by atoms with Gasteiger partial charge in [0.1, 0.15) is 18.2 Å². The number of hydrogen-bond acceptors (Lipinski definition) is 3. The van der Waals surface area contributed by atoms with Gasteiger partial charge in [0.2, 0.25) is 0 Å². The van der Waals surface area contributed by atoms with Gasteiger partial charge in [-0.25, -0.2) is 4.98 Å². The summed E-state index contributed by atoms with van der Waals surface area (Å²) < 4.78 is 8.96. The molecule has 0 radical (unpaired) electrons. The molecule has 0 aliphatic carbocycles. The van der Waals surface area contributed by atoms with E-state index in [1.165, 1.54) is 0 Å². The first-order valence-corrected chi connectivity index (χ1v) is 7.93. The molecule has 0 saturated heterocycles. The van der Waals surface area contributed by atoms with Crippen molar-refractivity contribution in [3.63, 3.8) is 0 Å². The van der Waals surface area contributed by atoms with Crippen LogP contribution in [0.15, 0.2) is 35.1 Å². The van der Waals surface area contributed by atoms with Crippen molar-refractivity contribution in [3.05, 3.63) is 46.5 Å². The summed E-state index contributed by atoms with van der Waals surface area (Å²) in [6.07, 6.45) is 3.71. The fraction of sp³-hybridized carbons (Fsp3) is 0.438. The van der Waals surface area contributed by atoms with Crippen LogP contribution in [0.1, 0.15) is 25.2 Å². The maximum Gasteiger partial charge on any atom is 0.146 e. The molecular weight excluding hydrogens is 330 g/mol. The zero-order valence-electron chi connectivity index (χ0n) is 12.8. The molecule has 0 spiro atoms. The lowest BCUT2D eigenvalue weighted by Crippen LogP contribution is -2.19. The Morgan fingerprint density at radius 3 is 2.86 bits per heavy atom. The Balaban J connectivity index is 2.02. The topological polar surface area (TPSA) is 39.1 Å². The predicted octanol–water partition coefficient (Wildman–Crippen LogP) is 3.51. The van der Waals surface area contributed by atoms with Crippen molar-refractivity contribution in [2.45, 2.75) is 27.0 Å². The highest BCUT2D eigenvalue weighted by atomic mass is 79.9. The number of nitrogens with one attached hydrogen (secondary N) is 1. The standard InChI is InChI=1S/C16H22BrN3O/c1-12(2)9-18-10-13-8-14(17)4-5-15(13)21-11-16-19-6-7-20(16)3/h4-8,12,18H,9-11H2,1-3H3. The van der Waals surface area contributed by atoms with E-state index in [-0.39, 0.29) is 0 Å². The van der Waals surface area contributed by atoms with Crippen LogP contribution < -0.4 is 10.1 Å². The van der Waals surface area contributed by atoms with E-state index in [0.29, 0.717) is 12.5 Å². The number of benzene rings is 1. The summed E-state index contributed by atoms with van der Waals surface area (Å²) in [6, 6.07) is 6.10. The molecule has 0 amide bonds. The van der Waals surface area contributed by atoms with E-state index < -0.39 is 0 Å². The van der Waals surface area contributed by atoms with Gasteiger partial charge in [0.25, 0.3) is 0 Å². The third-order valence-corrected chi connectivity index (χ3v) is 3.66. The Labute approximate surface area is 134 Å². The Morgan fingerprint density at radius 1 is 1.38 bits per heavy atom. The lowest BCUT2D eigenvalue weighted by molar-refractivity contribution is 0.288. The number of imidazole rings is 1. The van der Waals surface area contributed by atoms with E-state index in [9.17, 15) is 0 Å². The molecule has 2 aromatic rings. The Bertz CT molecular complexity index is 581. The molecule has 0 bridgehead atoms. The molecule has 1 heterocycles. The molecule has 1 aromatic carbocycles. The van der Waals surface area contributed by atoms with Crippen molar-refractivity contribution in [2.75, 3.05) is 6.54 Å². The van der Waals surface area contributed by atoms with Crippen LogP contribution in [0.25, 0.3) is 0 Å². The van der Waals surface area contributed by atoms with Crippen LogP contribution in [0.4, 0.5) is 0 Å². The van der Waals surface area contributed by atoms with Crippen LogP contribution in [0.5, 0.6) is 5.75 Å². The average Bonchev–Trinajstić information content (AvgIpc) is 2.83. The number of aryl methyl sites for hydroxylation is 1. The van der Waals surface area contributed by atoms with Gasteiger partial charge in [-0.2, -0.15) is 0 Å². The highest BCUT2D eigenvalue weighted by Gasteiger charge is 2.07. The van der Waals surface area contributed by atoms with E-state index in [1.807, 2.05) is 29.9 Å². The zero-order chi connectivity index (χ0) is 15.2. The molecule has 0 fully saturated rings. The molecule has 1 aromatic heterocycles. The molecule has 1 N–H and O–H groups in total. The summed E-state index contributed by atoms with van der Waals surface area (Å²) >= 11 is 3.52. The van der Waals surface area contributed by atoms with Gasteiger partial charge in [-0.3, -0.25) is 0 Å². The Morgan fingerprint density at radius 2 is 2.19 bits per heavy atom. The first-order valence-electron chi connectivity index (χ1n) is 7.14. The maximum atomic E-state index is 5.93. The Kier molecular flexibility index (Phi) is 5.82. The number of rotatable bonds is 7. The van der Waals surface area contributed by atoms with Gasteiger partial charge in [-0.15, -0.1) is 0 Å². The molecule has 21 heavy (non-hydrogen) atoms. The number of nitrogens with zero attached hydrogens (tertiary/aromatic N) is 2. The fourth-order valence-corrected chi connectivity index (χ4v) is 2.41. The molecule has 114 valence electrons. The van der Waals surface area contributed by atoms with Crippen LogP contribution in [-0.4, -0.2) is 16.1 Å². The fourth-order valence-electron chi connectivity index (χ4n) is 2.00. The molecule has 0 unspecified atom stereocenters. The van der Waals surface area contributed by atoms with Gasteiger partial charge in [0, 0.05) is 36.0 Å². The van der Waals surface area contributed by atoms with Crippen molar-refractivity contribution in [2.24, 2.45) is 13.0 Å². The molecule has 2 rings (SSSR count). The van der Waals surface area contributed by atoms with Crippen LogP contribution in [0, 0.1) is 5.92 Å². The van der Waals surface area contributed by atoms with Crippen molar-refractivity contribution in [1.82, 2.24) is 14.9 Å². The number of halogens is 1. The van der Waals surface area contributed by atoms with Gasteiger partial charge >= 0.3 is 0 Å². The van der Waals surface area contributed by atoms with E-state index in [0.717, 1.165) is 34.7 Å². The summed E-state index contributed by atoms with van der Waals surface area (Å²) in [5.41, 5.74) is 1.15. The summed E-state index contributed by atoms with van der Waals surface area (Å²) in [4.78, 5) is 4.28. The highest BCUT2D eigenvalue weighted by Crippen LogP contribution is 2.24. The van der Waals surface area contributed by atoms with E-state index in [4.69, 9.17) is 4.74 Å². The second kappa shape index (κ2) is 7.61.